The predicted molar refractivity (Wildman–Crippen MR) is 349 cm³/mol. The number of piperazine rings is 1. The average Bonchev–Trinajstić information content (AvgIpc) is 1.54. The molecule has 0 radical (unpaired) electrons. The Morgan fingerprint density at radius 1 is 0.565 bits per heavy atom. The first-order valence-corrected chi connectivity index (χ1v) is 30.0. The minimum Gasteiger partial charge on any atom is -0.496 e. The Labute approximate surface area is 532 Å². The van der Waals surface area contributed by atoms with Gasteiger partial charge in [0.05, 0.1) is 64.5 Å². The monoisotopic (exact) mass is 1260 g/mol. The fraction of sp³-hybridized carbons (Fsp3) is 0.397. The number of H-pyrrole nitrogens is 2. The maximum Gasteiger partial charge on any atom is 0.410 e. The smallest absolute Gasteiger partial charge is 0.410 e. The third-order valence-corrected chi connectivity index (χ3v) is 16.0. The summed E-state index contributed by atoms with van der Waals surface area (Å²) < 4.78 is 56.9. The molecule has 10 aromatic rings. The highest BCUT2D eigenvalue weighted by Gasteiger charge is 2.32. The van der Waals surface area contributed by atoms with Crippen LogP contribution in [0.1, 0.15) is 99.8 Å². The molecule has 24 heteroatoms. The number of ether oxygens (including phenoxy) is 8. The first-order valence-electron chi connectivity index (χ1n) is 30.0. The lowest BCUT2D eigenvalue weighted by molar-refractivity contribution is -0.120. The number of nitrogens with zero attached hydrogens (tertiary/aromatic N) is 8. The van der Waals surface area contributed by atoms with Gasteiger partial charge in [0.2, 0.25) is 5.75 Å². The molecular weight excluding hydrogens is 1180 g/mol. The number of hydrogen-bond acceptors (Lipinski definition) is 20. The molecule has 2 fully saturated rings. The Balaban J connectivity index is 0.000000167. The van der Waals surface area contributed by atoms with E-state index >= 15 is 0 Å². The van der Waals surface area contributed by atoms with Gasteiger partial charge in [0.15, 0.2) is 23.0 Å². The van der Waals surface area contributed by atoms with Crippen molar-refractivity contribution in [1.82, 2.24) is 55.3 Å². The third kappa shape index (κ3) is 12.5. The summed E-state index contributed by atoms with van der Waals surface area (Å²) >= 11 is 0. The van der Waals surface area contributed by atoms with Gasteiger partial charge in [0.1, 0.15) is 78.0 Å². The van der Waals surface area contributed by atoms with Gasteiger partial charge in [-0.25, -0.2) is 24.7 Å². The van der Waals surface area contributed by atoms with E-state index in [0.717, 1.165) is 111 Å². The second-order valence-electron chi connectivity index (χ2n) is 23.3. The average molecular weight is 1260 g/mol. The van der Waals surface area contributed by atoms with Crippen molar-refractivity contribution in [2.24, 2.45) is 0 Å². The first-order chi connectivity index (χ1) is 43.4. The zero-order chi connectivity index (χ0) is 63.1. The lowest BCUT2D eigenvalue weighted by Gasteiger charge is -2.29. The van der Waals surface area contributed by atoms with Crippen LogP contribution in [0.2, 0.25) is 0 Å². The lowest BCUT2D eigenvalue weighted by Crippen LogP contribution is -2.46. The highest BCUT2D eigenvalue weighted by atomic mass is 16.6. The molecule has 92 heavy (non-hydrogen) atoms. The van der Waals surface area contributed by atoms with Gasteiger partial charge in [-0.1, -0.05) is 25.2 Å². The van der Waals surface area contributed by atoms with Crippen LogP contribution in [0, 0.1) is 41.5 Å². The number of aryl methyl sites for hydroxylation is 6. The van der Waals surface area contributed by atoms with E-state index in [4.69, 9.17) is 61.9 Å². The summed E-state index contributed by atoms with van der Waals surface area (Å²) in [5.41, 5.74) is 11.1. The van der Waals surface area contributed by atoms with Crippen molar-refractivity contribution in [2.45, 2.75) is 102 Å². The molecule has 6 aromatic heterocycles. The van der Waals surface area contributed by atoms with Crippen LogP contribution in [0.25, 0.3) is 88.6 Å². The number of amides is 2. The molecule has 0 atom stereocenters. The van der Waals surface area contributed by atoms with Crippen LogP contribution >= 0.6 is 0 Å². The summed E-state index contributed by atoms with van der Waals surface area (Å²) in [5.74, 6) is 5.99. The van der Waals surface area contributed by atoms with Crippen LogP contribution in [0.4, 0.5) is 4.79 Å². The number of nitrogens with one attached hydrogen (secondary N) is 3. The molecule has 4 aliphatic heterocycles. The summed E-state index contributed by atoms with van der Waals surface area (Å²) in [7, 11) is 3.28. The molecule has 0 saturated carbocycles. The highest BCUT2D eigenvalue weighted by molar-refractivity contribution is 6.16. The van der Waals surface area contributed by atoms with E-state index in [2.05, 4.69) is 30.6 Å². The Hall–Kier alpha value is -9.97. The van der Waals surface area contributed by atoms with Crippen LogP contribution < -0.4 is 38.5 Å². The summed E-state index contributed by atoms with van der Waals surface area (Å²) in [6.45, 7) is 23.3. The predicted octanol–water partition coefficient (Wildman–Crippen LogP) is 12.5. The topological polar surface area (TPSA) is 279 Å². The zero-order valence-electron chi connectivity index (χ0n) is 52.3. The number of carbonyl (C=O) groups excluding carboxylic acids is 3. The molecule has 4 aromatic carbocycles. The van der Waals surface area contributed by atoms with Gasteiger partial charge < -0.3 is 72.0 Å². The molecule has 484 valence electrons. The minimum atomic E-state index is -0.367. The quantitative estimate of drug-likeness (QED) is 0.113. The fourth-order valence-corrected chi connectivity index (χ4v) is 12.1. The first kappa shape index (κ1) is 65.0. The van der Waals surface area contributed by atoms with Gasteiger partial charge in [0, 0.05) is 83.3 Å². The van der Waals surface area contributed by atoms with Gasteiger partial charge in [-0.3, -0.25) is 9.59 Å². The van der Waals surface area contributed by atoms with E-state index in [1.807, 2.05) is 110 Å². The molecule has 4 aliphatic rings. The molecule has 0 aliphatic carbocycles. The van der Waals surface area contributed by atoms with Crippen LogP contribution in [-0.2, 0) is 9.53 Å². The van der Waals surface area contributed by atoms with Crippen LogP contribution in [0.15, 0.2) is 57.6 Å². The molecule has 0 spiro atoms. The minimum absolute atomic E-state index is 0. The van der Waals surface area contributed by atoms with Crippen molar-refractivity contribution >= 4 is 62.3 Å². The number of aromatic nitrogens is 8. The van der Waals surface area contributed by atoms with Crippen LogP contribution in [-0.4, -0.2) is 154 Å². The SMILES string of the molecule is C.C.CC(C)(C)OC(=O)N1CCCCC1.COc1cc2c(cc1-c1c(C)noc1C)[nH]c1nc(C)nc(-c3ccc(C(=O)N4CCNCC4)c4c3OCCO4)c12.COc1cc2c(cc1-c1c(C)noc1C)[nH]c1nc(C)nc(-c3ccc(OC=O)c4c3OCCO4)c12. The van der Waals surface area contributed by atoms with Crippen molar-refractivity contribution in [1.29, 1.82) is 0 Å². The van der Waals surface area contributed by atoms with E-state index in [1.165, 1.54) is 6.42 Å². The summed E-state index contributed by atoms with van der Waals surface area (Å²) in [6.07, 6.45) is 3.30. The van der Waals surface area contributed by atoms with Crippen LogP contribution in [0.3, 0.4) is 0 Å². The number of rotatable bonds is 9. The Kier molecular flexibility index (Phi) is 19.0. The molecule has 14 rings (SSSR count). The zero-order valence-corrected chi connectivity index (χ0v) is 52.3. The van der Waals surface area contributed by atoms with Gasteiger partial charge in [-0.2, -0.15) is 0 Å². The summed E-state index contributed by atoms with van der Waals surface area (Å²) in [4.78, 5) is 65.6. The second-order valence-corrected chi connectivity index (χ2v) is 23.3. The van der Waals surface area contributed by atoms with Crippen molar-refractivity contribution < 1.29 is 61.3 Å². The van der Waals surface area contributed by atoms with Crippen molar-refractivity contribution in [3.63, 3.8) is 0 Å². The molecule has 2 amide bonds. The van der Waals surface area contributed by atoms with E-state index in [0.29, 0.717) is 137 Å². The van der Waals surface area contributed by atoms with Crippen molar-refractivity contribution in [3.8, 4) is 85.0 Å². The Morgan fingerprint density at radius 2 is 1.04 bits per heavy atom. The number of likely N-dealkylation sites (tertiary alicyclic amines) is 1. The van der Waals surface area contributed by atoms with Gasteiger partial charge in [-0.05, 0) is 130 Å². The van der Waals surface area contributed by atoms with E-state index in [1.54, 1.807) is 25.2 Å². The molecule has 3 N–H and O–H groups in total. The van der Waals surface area contributed by atoms with E-state index in [9.17, 15) is 14.4 Å². The van der Waals surface area contributed by atoms with E-state index in [-0.39, 0.29) is 38.2 Å². The molecule has 0 unspecified atom stereocenters. The standard InChI is InChI=1S/C30H30N6O5.C26H22N4O6.C10H19NO2.2CH4/c1-15-24(16(2)41-35-15)21-13-22-20(14-23(21)38-4)25-26(32-17(3)33-29(25)34-22)18-5-6-19(28-27(18)39-11-12-40-28)30(37)36-9-7-31-8-10-36;1-12-21(13(2)36-30-12)17-9-18-16(10-20(17)32-4)22-23(27-14(3)28-26(22)29-18)15-5-6-19(35-11-31)25-24(15)33-7-8-34-25;1-10(2,3)13-9(12)11-7-5-4-6-8-11;;/h5-6,13-14,31H,7-12H2,1-4H3,(H,32,33,34);5-6,9-11H,7-8H2,1-4H3,(H,27,28,29);4-8H2,1-3H3;2*1H4. The van der Waals surface area contributed by atoms with Crippen LogP contribution in [0.5, 0.6) is 40.2 Å². The molecule has 24 nitrogen and oxygen atoms in total. The number of piperidine rings is 1. The highest BCUT2D eigenvalue weighted by Crippen LogP contribution is 2.50. The number of fused-ring (bicyclic) bond motifs is 8. The maximum absolute atomic E-state index is 13.5. The molecule has 2 saturated heterocycles. The summed E-state index contributed by atoms with van der Waals surface area (Å²) in [5, 5.41) is 14.9. The normalized spacial score (nSPS) is 14.3. The number of hydrogen-bond donors (Lipinski definition) is 3. The number of carbonyl (C=O) groups is 3. The van der Waals surface area contributed by atoms with Gasteiger partial charge >= 0.3 is 6.09 Å². The van der Waals surface area contributed by atoms with Gasteiger partial charge in [-0.15, -0.1) is 0 Å². The second kappa shape index (κ2) is 26.8. The van der Waals surface area contributed by atoms with Crippen molar-refractivity contribution in [3.05, 3.63) is 88.7 Å². The van der Waals surface area contributed by atoms with Crippen molar-refractivity contribution in [2.75, 3.05) is 79.9 Å². The maximum atomic E-state index is 13.5. The lowest BCUT2D eigenvalue weighted by atomic mass is 9.98. The largest absolute Gasteiger partial charge is 0.496 e. The van der Waals surface area contributed by atoms with Gasteiger partial charge in [0.25, 0.3) is 12.4 Å². The Bertz CT molecular complexity index is 4370. The number of aromatic amines is 2. The summed E-state index contributed by atoms with van der Waals surface area (Å²) in [6, 6.07) is 15.2. The molecular formula is C68H79N11O13. The number of benzene rings is 4. The third-order valence-electron chi connectivity index (χ3n) is 16.0. The molecule has 10 heterocycles. The fourth-order valence-electron chi connectivity index (χ4n) is 12.1. The molecule has 0 bridgehead atoms. The number of methoxy groups -OCH3 is 2. The Morgan fingerprint density at radius 3 is 1.51 bits per heavy atom. The van der Waals surface area contributed by atoms with E-state index < -0.39 is 0 Å².